The number of hydrogen-bond donors (Lipinski definition) is 2. The molecule has 4 nitrogen and oxygen atoms in total. The first-order chi connectivity index (χ1) is 5.61. The lowest BCUT2D eigenvalue weighted by atomic mass is 10.2. The standard InChI is InChI=1S/C8H16O4/c1-3-7(8(10)11)12-5-6(2)4-9/h6-7,9H,3-5H2,1-2H3,(H,10,11)/t6-,7?/m0/s1. The first-order valence-corrected chi connectivity index (χ1v) is 4.07. The molecule has 2 N–H and O–H groups in total. The van der Waals surface area contributed by atoms with Gasteiger partial charge in [-0.2, -0.15) is 0 Å². The third-order valence-corrected chi connectivity index (χ3v) is 1.54. The van der Waals surface area contributed by atoms with Crippen LogP contribution in [0.15, 0.2) is 0 Å². The molecule has 0 aliphatic carbocycles. The third-order valence-electron chi connectivity index (χ3n) is 1.54. The van der Waals surface area contributed by atoms with Gasteiger partial charge in [-0.25, -0.2) is 4.79 Å². The molecule has 1 unspecified atom stereocenters. The topological polar surface area (TPSA) is 66.8 Å². The molecule has 0 amide bonds. The number of aliphatic hydroxyl groups is 1. The molecule has 0 bridgehead atoms. The van der Waals surface area contributed by atoms with Crippen LogP contribution in [0.2, 0.25) is 0 Å². The van der Waals surface area contributed by atoms with Crippen LogP contribution in [0.5, 0.6) is 0 Å². The maximum absolute atomic E-state index is 10.4. The van der Waals surface area contributed by atoms with Crippen molar-refractivity contribution in [3.8, 4) is 0 Å². The van der Waals surface area contributed by atoms with Gasteiger partial charge in [0, 0.05) is 12.5 Å². The van der Waals surface area contributed by atoms with E-state index in [0.29, 0.717) is 13.0 Å². The van der Waals surface area contributed by atoms with Gasteiger partial charge in [0.05, 0.1) is 6.61 Å². The van der Waals surface area contributed by atoms with E-state index in [4.69, 9.17) is 14.9 Å². The molecule has 0 saturated heterocycles. The highest BCUT2D eigenvalue weighted by atomic mass is 16.5. The second kappa shape index (κ2) is 5.97. The quantitative estimate of drug-likeness (QED) is 0.618. The second-order valence-corrected chi connectivity index (χ2v) is 2.86. The Kier molecular flexibility index (Phi) is 5.66. The molecule has 0 aromatic rings. The zero-order chi connectivity index (χ0) is 9.56. The SMILES string of the molecule is CCC(OC[C@@H](C)CO)C(=O)O. The third kappa shape index (κ3) is 4.31. The van der Waals surface area contributed by atoms with Crippen molar-refractivity contribution in [2.75, 3.05) is 13.2 Å². The van der Waals surface area contributed by atoms with E-state index in [1.165, 1.54) is 0 Å². The van der Waals surface area contributed by atoms with Gasteiger partial charge in [-0.15, -0.1) is 0 Å². The minimum absolute atomic E-state index is 0.00148. The zero-order valence-electron chi connectivity index (χ0n) is 7.49. The molecule has 12 heavy (non-hydrogen) atoms. The van der Waals surface area contributed by atoms with Crippen LogP contribution in [0.4, 0.5) is 0 Å². The number of carboxylic acids is 1. The minimum Gasteiger partial charge on any atom is -0.479 e. The van der Waals surface area contributed by atoms with Crippen LogP contribution in [-0.2, 0) is 9.53 Å². The van der Waals surface area contributed by atoms with Crippen molar-refractivity contribution in [1.29, 1.82) is 0 Å². The monoisotopic (exact) mass is 176 g/mol. The highest BCUT2D eigenvalue weighted by Gasteiger charge is 2.15. The number of ether oxygens (including phenoxy) is 1. The Hall–Kier alpha value is -0.610. The van der Waals surface area contributed by atoms with Crippen LogP contribution < -0.4 is 0 Å². The van der Waals surface area contributed by atoms with Crippen LogP contribution in [0, 0.1) is 5.92 Å². The first kappa shape index (κ1) is 11.4. The van der Waals surface area contributed by atoms with Gasteiger partial charge in [-0.3, -0.25) is 0 Å². The molecule has 0 spiro atoms. The molecule has 0 aromatic carbocycles. The molecule has 0 heterocycles. The Bertz CT molecular complexity index is 135. The number of carbonyl (C=O) groups is 1. The molecule has 0 fully saturated rings. The molecular weight excluding hydrogens is 160 g/mol. The van der Waals surface area contributed by atoms with E-state index in [1.54, 1.807) is 13.8 Å². The van der Waals surface area contributed by atoms with Gasteiger partial charge in [0.1, 0.15) is 0 Å². The van der Waals surface area contributed by atoms with E-state index in [1.807, 2.05) is 0 Å². The van der Waals surface area contributed by atoms with E-state index < -0.39 is 12.1 Å². The lowest BCUT2D eigenvalue weighted by Crippen LogP contribution is -2.25. The summed E-state index contributed by atoms with van der Waals surface area (Å²) in [6, 6.07) is 0. The van der Waals surface area contributed by atoms with E-state index >= 15 is 0 Å². The van der Waals surface area contributed by atoms with Crippen molar-refractivity contribution in [2.24, 2.45) is 5.92 Å². The molecular formula is C8H16O4. The Morgan fingerprint density at radius 1 is 1.58 bits per heavy atom. The number of aliphatic hydroxyl groups excluding tert-OH is 1. The van der Waals surface area contributed by atoms with Crippen molar-refractivity contribution >= 4 is 5.97 Å². The molecule has 72 valence electrons. The number of rotatable bonds is 6. The van der Waals surface area contributed by atoms with Gasteiger partial charge < -0.3 is 14.9 Å². The predicted octanol–water partition coefficient (Wildman–Crippen LogP) is 0.495. The van der Waals surface area contributed by atoms with Gasteiger partial charge >= 0.3 is 5.97 Å². The van der Waals surface area contributed by atoms with Crippen LogP contribution in [-0.4, -0.2) is 35.5 Å². The number of carboxylic acid groups (broad SMARTS) is 1. The largest absolute Gasteiger partial charge is 0.479 e. The maximum atomic E-state index is 10.4. The van der Waals surface area contributed by atoms with Crippen molar-refractivity contribution < 1.29 is 19.7 Å². The highest BCUT2D eigenvalue weighted by Crippen LogP contribution is 2.02. The van der Waals surface area contributed by atoms with Gasteiger partial charge in [-0.05, 0) is 6.42 Å². The maximum Gasteiger partial charge on any atom is 0.332 e. The van der Waals surface area contributed by atoms with Gasteiger partial charge in [0.25, 0.3) is 0 Å². The van der Waals surface area contributed by atoms with Crippen LogP contribution >= 0.6 is 0 Å². The van der Waals surface area contributed by atoms with Crippen LogP contribution in [0.25, 0.3) is 0 Å². The summed E-state index contributed by atoms with van der Waals surface area (Å²) in [7, 11) is 0. The molecule has 2 atom stereocenters. The summed E-state index contributed by atoms with van der Waals surface area (Å²) in [5.41, 5.74) is 0. The molecule has 0 radical (unpaired) electrons. The zero-order valence-corrected chi connectivity index (χ0v) is 7.49. The van der Waals surface area contributed by atoms with Crippen molar-refractivity contribution in [3.63, 3.8) is 0 Å². The minimum atomic E-state index is -0.942. The van der Waals surface area contributed by atoms with E-state index in [9.17, 15) is 4.79 Å². The Balaban J connectivity index is 3.65. The fourth-order valence-electron chi connectivity index (χ4n) is 0.697. The van der Waals surface area contributed by atoms with Gasteiger partial charge in [-0.1, -0.05) is 13.8 Å². The van der Waals surface area contributed by atoms with Gasteiger partial charge in [0.2, 0.25) is 0 Å². The first-order valence-electron chi connectivity index (χ1n) is 4.07. The second-order valence-electron chi connectivity index (χ2n) is 2.86. The summed E-state index contributed by atoms with van der Waals surface area (Å²) in [5.74, 6) is -0.943. The summed E-state index contributed by atoms with van der Waals surface area (Å²) in [6.07, 6.45) is -0.285. The predicted molar refractivity (Wildman–Crippen MR) is 43.9 cm³/mol. The lowest BCUT2D eigenvalue weighted by Gasteiger charge is -2.13. The molecule has 0 rings (SSSR count). The average molecular weight is 176 g/mol. The smallest absolute Gasteiger partial charge is 0.332 e. The van der Waals surface area contributed by atoms with Gasteiger partial charge in [0.15, 0.2) is 6.10 Å². The molecule has 0 aromatic heterocycles. The molecule has 0 aliphatic rings. The number of hydrogen-bond acceptors (Lipinski definition) is 3. The van der Waals surface area contributed by atoms with Crippen LogP contribution in [0.1, 0.15) is 20.3 Å². The fourth-order valence-corrected chi connectivity index (χ4v) is 0.697. The Morgan fingerprint density at radius 2 is 2.17 bits per heavy atom. The van der Waals surface area contributed by atoms with Crippen molar-refractivity contribution in [3.05, 3.63) is 0 Å². The van der Waals surface area contributed by atoms with Crippen molar-refractivity contribution in [2.45, 2.75) is 26.4 Å². The lowest BCUT2D eigenvalue weighted by molar-refractivity contribution is -0.151. The van der Waals surface area contributed by atoms with E-state index in [0.717, 1.165) is 0 Å². The fraction of sp³-hybridized carbons (Fsp3) is 0.875. The van der Waals surface area contributed by atoms with E-state index in [2.05, 4.69) is 0 Å². The highest BCUT2D eigenvalue weighted by molar-refractivity contribution is 5.72. The summed E-state index contributed by atoms with van der Waals surface area (Å²) >= 11 is 0. The summed E-state index contributed by atoms with van der Waals surface area (Å²) in [6.45, 7) is 3.87. The average Bonchev–Trinajstić information content (AvgIpc) is 2.04. The molecule has 0 aliphatic heterocycles. The molecule has 4 heteroatoms. The Labute approximate surface area is 72.2 Å². The Morgan fingerprint density at radius 3 is 2.50 bits per heavy atom. The van der Waals surface area contributed by atoms with E-state index in [-0.39, 0.29) is 12.5 Å². The number of aliphatic carboxylic acids is 1. The summed E-state index contributed by atoms with van der Waals surface area (Å²) in [5, 5.41) is 17.2. The van der Waals surface area contributed by atoms with Crippen LogP contribution in [0.3, 0.4) is 0 Å². The normalized spacial score (nSPS) is 15.6. The van der Waals surface area contributed by atoms with Crippen molar-refractivity contribution in [1.82, 2.24) is 0 Å². The molecule has 0 saturated carbocycles. The summed E-state index contributed by atoms with van der Waals surface area (Å²) < 4.78 is 5.05. The summed E-state index contributed by atoms with van der Waals surface area (Å²) in [4.78, 5) is 10.4.